The van der Waals surface area contributed by atoms with Crippen LogP contribution in [-0.2, 0) is 23.7 Å². The van der Waals surface area contributed by atoms with Crippen LogP contribution in [0.4, 0.5) is 0 Å². The van der Waals surface area contributed by atoms with Crippen molar-refractivity contribution in [1.82, 2.24) is 4.90 Å². The fourth-order valence-corrected chi connectivity index (χ4v) is 1.73. The molecule has 0 aliphatic carbocycles. The summed E-state index contributed by atoms with van der Waals surface area (Å²) in [5.74, 6) is -0.127. The normalized spacial score (nSPS) is 21.4. The number of ether oxygens (including phenoxy) is 4. The summed E-state index contributed by atoms with van der Waals surface area (Å²) in [6.45, 7) is 5.19. The average Bonchev–Trinajstić information content (AvgIpc) is 2.44. The highest BCUT2D eigenvalue weighted by atomic mass is 35.5. The van der Waals surface area contributed by atoms with Gasteiger partial charge < -0.3 is 23.8 Å². The van der Waals surface area contributed by atoms with E-state index >= 15 is 0 Å². The molecule has 19 heavy (non-hydrogen) atoms. The van der Waals surface area contributed by atoms with Crippen LogP contribution in [0, 0.1) is 0 Å². The predicted octanol–water partition coefficient (Wildman–Crippen LogP) is 0.134. The Balaban J connectivity index is 2.31. The molecule has 0 N–H and O–H groups in total. The minimum atomic E-state index is -0.106. The van der Waals surface area contributed by atoms with Gasteiger partial charge in [0.15, 0.2) is 0 Å². The van der Waals surface area contributed by atoms with Crippen LogP contribution in [0.3, 0.4) is 0 Å². The topological polar surface area (TPSA) is 57.2 Å². The van der Waals surface area contributed by atoms with Gasteiger partial charge in [0, 0.05) is 13.1 Å². The molecule has 1 fully saturated rings. The van der Waals surface area contributed by atoms with Crippen molar-refractivity contribution in [3.05, 3.63) is 0 Å². The van der Waals surface area contributed by atoms with Crippen molar-refractivity contribution in [3.63, 3.8) is 0 Å². The Morgan fingerprint density at radius 1 is 0.789 bits per heavy atom. The van der Waals surface area contributed by atoms with Crippen LogP contribution >= 0.6 is 11.6 Å². The number of carbonyl (C=O) groups is 1. The average molecular weight is 296 g/mol. The molecule has 1 heterocycles. The van der Waals surface area contributed by atoms with E-state index in [2.05, 4.69) is 0 Å². The fourth-order valence-electron chi connectivity index (χ4n) is 1.56. The number of alkyl halides is 1. The minimum Gasteiger partial charge on any atom is -0.377 e. The van der Waals surface area contributed by atoms with Gasteiger partial charge in [0.25, 0.3) is 0 Å². The first-order valence-corrected chi connectivity index (χ1v) is 7.02. The second-order valence-corrected chi connectivity index (χ2v) is 4.23. The molecule has 0 atom stereocenters. The van der Waals surface area contributed by atoms with Crippen molar-refractivity contribution in [2.24, 2.45) is 0 Å². The summed E-state index contributed by atoms with van der Waals surface area (Å²) < 4.78 is 21.4. The van der Waals surface area contributed by atoms with Crippen molar-refractivity contribution in [2.75, 3.05) is 71.8 Å². The maximum atomic E-state index is 11.6. The highest BCUT2D eigenvalue weighted by Gasteiger charge is 2.11. The molecule has 0 spiro atoms. The zero-order valence-electron chi connectivity index (χ0n) is 11.1. The lowest BCUT2D eigenvalue weighted by Gasteiger charge is -2.21. The highest BCUT2D eigenvalue weighted by Crippen LogP contribution is 1.95. The first kappa shape index (κ1) is 16.7. The molecule has 0 aromatic heterocycles. The molecule has 0 saturated carbocycles. The fraction of sp³-hybridized carbons (Fsp3) is 0.917. The van der Waals surface area contributed by atoms with Crippen LogP contribution in [0.2, 0.25) is 0 Å². The molecule has 1 aliphatic heterocycles. The van der Waals surface area contributed by atoms with E-state index in [0.717, 1.165) is 0 Å². The second kappa shape index (κ2) is 11.4. The Morgan fingerprint density at radius 2 is 1.16 bits per heavy atom. The van der Waals surface area contributed by atoms with E-state index in [1.807, 2.05) is 0 Å². The van der Waals surface area contributed by atoms with Gasteiger partial charge in [0.2, 0.25) is 5.91 Å². The van der Waals surface area contributed by atoms with E-state index < -0.39 is 0 Å². The molecule has 1 aliphatic rings. The van der Waals surface area contributed by atoms with Crippen molar-refractivity contribution in [1.29, 1.82) is 0 Å². The largest absolute Gasteiger partial charge is 0.377 e. The number of hydrogen-bond acceptors (Lipinski definition) is 5. The van der Waals surface area contributed by atoms with Crippen LogP contribution in [0.15, 0.2) is 0 Å². The third-order valence-electron chi connectivity index (χ3n) is 2.59. The Morgan fingerprint density at radius 3 is 1.53 bits per heavy atom. The van der Waals surface area contributed by atoms with Crippen LogP contribution in [0.5, 0.6) is 0 Å². The lowest BCUT2D eigenvalue weighted by atomic mass is 10.4. The molecule has 6 nitrogen and oxygen atoms in total. The van der Waals surface area contributed by atoms with Gasteiger partial charge in [-0.25, -0.2) is 0 Å². The minimum absolute atomic E-state index is 0.0216. The van der Waals surface area contributed by atoms with Gasteiger partial charge in [0.1, 0.15) is 5.88 Å². The molecule has 0 aromatic rings. The van der Waals surface area contributed by atoms with Crippen molar-refractivity contribution in [3.8, 4) is 0 Å². The molecule has 1 amide bonds. The van der Waals surface area contributed by atoms with Gasteiger partial charge in [-0.05, 0) is 0 Å². The van der Waals surface area contributed by atoms with Gasteiger partial charge >= 0.3 is 0 Å². The molecule has 0 radical (unpaired) electrons. The summed E-state index contributed by atoms with van der Waals surface area (Å²) in [5.41, 5.74) is 0. The van der Waals surface area contributed by atoms with Crippen LogP contribution in [0.1, 0.15) is 0 Å². The van der Waals surface area contributed by atoms with Gasteiger partial charge in [-0.1, -0.05) is 0 Å². The molecule has 0 aromatic carbocycles. The van der Waals surface area contributed by atoms with Crippen LogP contribution in [0.25, 0.3) is 0 Å². The Kier molecular flexibility index (Phi) is 10.0. The molecule has 1 saturated heterocycles. The zero-order valence-corrected chi connectivity index (χ0v) is 11.9. The zero-order chi connectivity index (χ0) is 13.8. The van der Waals surface area contributed by atoms with Crippen molar-refractivity contribution >= 4 is 17.5 Å². The Bertz CT molecular complexity index is 226. The highest BCUT2D eigenvalue weighted by molar-refractivity contribution is 6.27. The predicted molar refractivity (Wildman–Crippen MR) is 70.6 cm³/mol. The van der Waals surface area contributed by atoms with Crippen LogP contribution in [-0.4, -0.2) is 82.6 Å². The molecule has 1 rings (SSSR count). The van der Waals surface area contributed by atoms with Gasteiger partial charge in [-0.3, -0.25) is 4.79 Å². The summed E-state index contributed by atoms with van der Waals surface area (Å²) in [6.07, 6.45) is 0. The summed E-state index contributed by atoms with van der Waals surface area (Å²) in [6, 6.07) is 0. The first-order chi connectivity index (χ1) is 9.34. The third-order valence-corrected chi connectivity index (χ3v) is 2.82. The third kappa shape index (κ3) is 8.39. The van der Waals surface area contributed by atoms with Crippen molar-refractivity contribution < 1.29 is 23.7 Å². The standard InChI is InChI=1S/C12H22ClNO5/c13-11-12(15)14-1-3-16-5-7-18-9-10-19-8-6-17-4-2-14/h1-11H2. The summed E-state index contributed by atoms with van der Waals surface area (Å²) in [5, 5.41) is 0. The SMILES string of the molecule is O=C(CCl)N1CCOCCOCCOCCOCC1. The summed E-state index contributed by atoms with van der Waals surface area (Å²) in [4.78, 5) is 13.2. The van der Waals surface area contributed by atoms with E-state index in [9.17, 15) is 4.79 Å². The number of carbonyl (C=O) groups excluding carboxylic acids is 1. The molecule has 112 valence electrons. The Labute approximate surface area is 118 Å². The summed E-state index contributed by atoms with van der Waals surface area (Å²) in [7, 11) is 0. The van der Waals surface area contributed by atoms with Gasteiger partial charge in [0.05, 0.1) is 52.9 Å². The number of hydrogen-bond donors (Lipinski definition) is 0. The Hall–Kier alpha value is -0.400. The number of rotatable bonds is 1. The number of halogens is 1. The van der Waals surface area contributed by atoms with E-state index in [-0.39, 0.29) is 11.8 Å². The van der Waals surface area contributed by atoms with Crippen molar-refractivity contribution in [2.45, 2.75) is 0 Å². The molecular weight excluding hydrogens is 274 g/mol. The monoisotopic (exact) mass is 295 g/mol. The quantitative estimate of drug-likeness (QED) is 0.644. The molecule has 0 unspecified atom stereocenters. The number of amides is 1. The number of nitrogens with zero attached hydrogens (tertiary/aromatic N) is 1. The van der Waals surface area contributed by atoms with Gasteiger partial charge in [-0.15, -0.1) is 11.6 Å². The lowest BCUT2D eigenvalue weighted by molar-refractivity contribution is -0.130. The maximum Gasteiger partial charge on any atom is 0.237 e. The van der Waals surface area contributed by atoms with E-state index in [0.29, 0.717) is 65.9 Å². The van der Waals surface area contributed by atoms with Gasteiger partial charge in [-0.2, -0.15) is 0 Å². The molecule has 7 heteroatoms. The van der Waals surface area contributed by atoms with E-state index in [1.165, 1.54) is 0 Å². The summed E-state index contributed by atoms with van der Waals surface area (Å²) >= 11 is 5.57. The maximum absolute atomic E-state index is 11.6. The molecular formula is C12H22ClNO5. The van der Waals surface area contributed by atoms with E-state index in [1.54, 1.807) is 4.90 Å². The van der Waals surface area contributed by atoms with E-state index in [4.69, 9.17) is 30.5 Å². The molecule has 0 bridgehead atoms. The first-order valence-electron chi connectivity index (χ1n) is 6.49. The van der Waals surface area contributed by atoms with Crippen LogP contribution < -0.4 is 0 Å². The lowest BCUT2D eigenvalue weighted by Crippen LogP contribution is -2.37. The second-order valence-electron chi connectivity index (χ2n) is 3.96. The smallest absolute Gasteiger partial charge is 0.237 e.